The quantitative estimate of drug-likeness (QED) is 0.792. The number of carbonyl (C=O) groups is 2. The molecule has 0 saturated carbocycles. The van der Waals surface area contributed by atoms with Gasteiger partial charge >= 0.3 is 5.97 Å². The Balaban J connectivity index is 1.74. The summed E-state index contributed by atoms with van der Waals surface area (Å²) < 4.78 is 1.47. The van der Waals surface area contributed by atoms with E-state index in [1.165, 1.54) is 16.9 Å². The maximum Gasteiger partial charge on any atom is 0.358 e. The molecule has 27 heavy (non-hydrogen) atoms. The predicted octanol–water partition coefficient (Wildman–Crippen LogP) is 0.397. The number of pyridine rings is 1. The van der Waals surface area contributed by atoms with Crippen LogP contribution >= 0.6 is 0 Å². The van der Waals surface area contributed by atoms with E-state index in [4.69, 9.17) is 10.4 Å². The van der Waals surface area contributed by atoms with Crippen molar-refractivity contribution in [2.75, 3.05) is 13.1 Å². The normalized spacial score (nSPS) is 16.7. The van der Waals surface area contributed by atoms with Crippen LogP contribution in [-0.4, -0.2) is 55.0 Å². The number of aromatic nitrogens is 4. The van der Waals surface area contributed by atoms with Crippen LogP contribution in [0.15, 0.2) is 17.1 Å². The van der Waals surface area contributed by atoms with E-state index in [-0.39, 0.29) is 23.1 Å². The van der Waals surface area contributed by atoms with Gasteiger partial charge in [0.25, 0.3) is 11.5 Å². The molecule has 140 valence electrons. The number of carboxylic acids is 1. The number of likely N-dealkylation sites (tertiary alicyclic amines) is 1. The number of carbonyl (C=O) groups excluding carboxylic acids is 1. The van der Waals surface area contributed by atoms with E-state index in [1.807, 2.05) is 0 Å². The average molecular weight is 370 g/mol. The van der Waals surface area contributed by atoms with E-state index >= 15 is 0 Å². The molecule has 1 aliphatic rings. The van der Waals surface area contributed by atoms with E-state index in [0.717, 1.165) is 12.8 Å². The molecule has 0 spiro atoms. The highest BCUT2D eigenvalue weighted by atomic mass is 16.4. The van der Waals surface area contributed by atoms with Crippen molar-refractivity contribution < 1.29 is 14.7 Å². The molecule has 3 rings (SSSR count). The number of hydrogen-bond acceptors (Lipinski definition) is 6. The Labute approximate surface area is 154 Å². The second-order valence-electron chi connectivity index (χ2n) is 6.55. The lowest BCUT2D eigenvalue weighted by Gasteiger charge is -2.33. The standard InChI is InChI=1S/C17H18N6O4/c1-10-13(5-12(6-18)15(24)19-10)16(25)22-4-2-3-11(7-22)8-23-9-14(17(26)27)20-21-23/h5,9,11H,2-4,7-8H2,1H3,(H,19,24)(H,26,27)/t11-/m1/s1. The Bertz CT molecular complexity index is 986. The van der Waals surface area contributed by atoms with Crippen molar-refractivity contribution in [2.24, 2.45) is 5.92 Å². The number of amides is 1. The average Bonchev–Trinajstić information content (AvgIpc) is 3.10. The van der Waals surface area contributed by atoms with E-state index in [2.05, 4.69) is 15.3 Å². The van der Waals surface area contributed by atoms with Gasteiger partial charge in [0.1, 0.15) is 11.6 Å². The fraction of sp³-hybridized carbons (Fsp3) is 0.412. The molecular formula is C17H18N6O4. The van der Waals surface area contributed by atoms with Crippen molar-refractivity contribution in [3.63, 3.8) is 0 Å². The molecule has 2 N–H and O–H groups in total. The summed E-state index contributed by atoms with van der Waals surface area (Å²) in [5, 5.41) is 25.3. The SMILES string of the molecule is Cc1[nH]c(=O)c(C#N)cc1C(=O)N1CCC[C@@H](Cn2cc(C(=O)O)nn2)C1. The van der Waals surface area contributed by atoms with Crippen molar-refractivity contribution in [3.05, 3.63) is 45.1 Å². The van der Waals surface area contributed by atoms with Gasteiger partial charge in [-0.25, -0.2) is 4.79 Å². The van der Waals surface area contributed by atoms with Gasteiger partial charge in [0.15, 0.2) is 5.69 Å². The number of carboxylic acid groups (broad SMARTS) is 1. The van der Waals surface area contributed by atoms with Crippen molar-refractivity contribution >= 4 is 11.9 Å². The largest absolute Gasteiger partial charge is 0.476 e. The second kappa shape index (κ2) is 7.41. The van der Waals surface area contributed by atoms with Gasteiger partial charge in [-0.15, -0.1) is 5.10 Å². The fourth-order valence-electron chi connectivity index (χ4n) is 3.25. The third-order valence-corrected chi connectivity index (χ3v) is 4.60. The highest BCUT2D eigenvalue weighted by Gasteiger charge is 2.27. The molecule has 1 fully saturated rings. The van der Waals surface area contributed by atoms with Gasteiger partial charge < -0.3 is 15.0 Å². The number of piperidine rings is 1. The zero-order chi connectivity index (χ0) is 19.6. The van der Waals surface area contributed by atoms with Crippen LogP contribution < -0.4 is 5.56 Å². The monoisotopic (exact) mass is 370 g/mol. The summed E-state index contributed by atoms with van der Waals surface area (Å²) in [7, 11) is 0. The minimum atomic E-state index is -1.14. The number of nitrogens with zero attached hydrogens (tertiary/aromatic N) is 5. The fourth-order valence-corrected chi connectivity index (χ4v) is 3.25. The van der Waals surface area contributed by atoms with Crippen LogP contribution in [0.5, 0.6) is 0 Å². The van der Waals surface area contributed by atoms with Gasteiger partial charge in [0.2, 0.25) is 0 Å². The van der Waals surface area contributed by atoms with Crippen LogP contribution in [-0.2, 0) is 6.54 Å². The zero-order valence-corrected chi connectivity index (χ0v) is 14.7. The molecule has 10 heteroatoms. The number of H-pyrrole nitrogens is 1. The third-order valence-electron chi connectivity index (χ3n) is 4.60. The third kappa shape index (κ3) is 3.87. The molecule has 3 heterocycles. The first-order valence-corrected chi connectivity index (χ1v) is 8.45. The highest BCUT2D eigenvalue weighted by molar-refractivity contribution is 5.95. The summed E-state index contributed by atoms with van der Waals surface area (Å²) in [6, 6.07) is 3.12. The lowest BCUT2D eigenvalue weighted by Crippen LogP contribution is -2.41. The van der Waals surface area contributed by atoms with Crippen LogP contribution in [0.25, 0.3) is 0 Å². The Hall–Kier alpha value is -3.48. The maximum absolute atomic E-state index is 12.9. The Kier molecular flexibility index (Phi) is 5.03. The number of aryl methyl sites for hydroxylation is 1. The first-order valence-electron chi connectivity index (χ1n) is 8.45. The van der Waals surface area contributed by atoms with Crippen LogP contribution in [0.3, 0.4) is 0 Å². The molecule has 0 unspecified atom stereocenters. The van der Waals surface area contributed by atoms with Gasteiger partial charge in [-0.1, -0.05) is 5.21 Å². The molecule has 1 saturated heterocycles. The number of nitriles is 1. The molecule has 0 bridgehead atoms. The van der Waals surface area contributed by atoms with Crippen LogP contribution in [0, 0.1) is 24.2 Å². The molecule has 1 amide bonds. The Morgan fingerprint density at radius 2 is 2.26 bits per heavy atom. The second-order valence-corrected chi connectivity index (χ2v) is 6.55. The summed E-state index contributed by atoms with van der Waals surface area (Å²) >= 11 is 0. The topological polar surface area (TPSA) is 145 Å². The van der Waals surface area contributed by atoms with Crippen molar-refractivity contribution in [2.45, 2.75) is 26.3 Å². The predicted molar refractivity (Wildman–Crippen MR) is 92.1 cm³/mol. The molecule has 1 aliphatic heterocycles. The van der Waals surface area contributed by atoms with Crippen LogP contribution in [0.4, 0.5) is 0 Å². The van der Waals surface area contributed by atoms with Crippen molar-refractivity contribution in [1.82, 2.24) is 24.9 Å². The molecule has 1 atom stereocenters. The summed E-state index contributed by atoms with van der Waals surface area (Å²) in [6.07, 6.45) is 3.04. The van der Waals surface area contributed by atoms with Crippen LogP contribution in [0.2, 0.25) is 0 Å². The molecular weight excluding hydrogens is 352 g/mol. The van der Waals surface area contributed by atoms with Gasteiger partial charge in [0.05, 0.1) is 11.8 Å². The first kappa shape index (κ1) is 18.3. The molecule has 0 aliphatic carbocycles. The first-order chi connectivity index (χ1) is 12.9. The van der Waals surface area contributed by atoms with E-state index in [0.29, 0.717) is 30.9 Å². The smallest absolute Gasteiger partial charge is 0.358 e. The maximum atomic E-state index is 12.9. The molecule has 0 radical (unpaired) electrons. The number of aromatic carboxylic acids is 1. The van der Waals surface area contributed by atoms with Gasteiger partial charge in [-0.3, -0.25) is 14.3 Å². The van der Waals surface area contributed by atoms with E-state index < -0.39 is 11.5 Å². The lowest BCUT2D eigenvalue weighted by molar-refractivity contribution is 0.0657. The number of nitrogens with one attached hydrogen (secondary N) is 1. The van der Waals surface area contributed by atoms with Crippen LogP contribution in [0.1, 0.15) is 44.9 Å². The summed E-state index contributed by atoms with van der Waals surface area (Å²) in [6.45, 7) is 3.13. The number of aromatic amines is 1. The molecule has 10 nitrogen and oxygen atoms in total. The van der Waals surface area contributed by atoms with E-state index in [9.17, 15) is 14.4 Å². The minimum absolute atomic E-state index is 0.0960. The number of rotatable bonds is 4. The van der Waals surface area contributed by atoms with Gasteiger partial charge in [0, 0.05) is 25.3 Å². The van der Waals surface area contributed by atoms with Gasteiger partial charge in [-0.2, -0.15) is 5.26 Å². The van der Waals surface area contributed by atoms with Crippen molar-refractivity contribution in [1.29, 1.82) is 5.26 Å². The van der Waals surface area contributed by atoms with E-state index in [1.54, 1.807) is 17.9 Å². The Morgan fingerprint density at radius 1 is 1.48 bits per heavy atom. The highest BCUT2D eigenvalue weighted by Crippen LogP contribution is 2.21. The zero-order valence-electron chi connectivity index (χ0n) is 14.7. The molecule has 0 aromatic carbocycles. The molecule has 2 aromatic heterocycles. The number of hydrogen-bond donors (Lipinski definition) is 2. The minimum Gasteiger partial charge on any atom is -0.476 e. The van der Waals surface area contributed by atoms with Gasteiger partial charge in [-0.05, 0) is 31.7 Å². The van der Waals surface area contributed by atoms with Crippen molar-refractivity contribution in [3.8, 4) is 6.07 Å². The summed E-state index contributed by atoms with van der Waals surface area (Å²) in [5.74, 6) is -1.28. The molecule has 2 aromatic rings. The lowest BCUT2D eigenvalue weighted by atomic mass is 9.97. The summed E-state index contributed by atoms with van der Waals surface area (Å²) in [4.78, 5) is 39.7. The Morgan fingerprint density at radius 3 is 2.93 bits per heavy atom. The summed E-state index contributed by atoms with van der Waals surface area (Å²) in [5.41, 5.74) is 0.00525.